The van der Waals surface area contributed by atoms with Crippen LogP contribution in [0.25, 0.3) is 11.0 Å². The number of carbonyl (C=O) groups is 1. The molecule has 0 atom stereocenters. The number of hydrogen-bond donors (Lipinski definition) is 1. The predicted molar refractivity (Wildman–Crippen MR) is 98.6 cm³/mol. The number of ether oxygens (including phenoxy) is 2. The van der Waals surface area contributed by atoms with Gasteiger partial charge in [-0.3, -0.25) is 0 Å². The average molecular weight is 394 g/mol. The molecule has 0 radical (unpaired) electrons. The molecule has 0 spiro atoms. The van der Waals surface area contributed by atoms with Gasteiger partial charge >= 0.3 is 11.6 Å². The largest absolute Gasteiger partial charge is 0.480 e. The highest BCUT2D eigenvalue weighted by Crippen LogP contribution is 2.27. The van der Waals surface area contributed by atoms with Crippen molar-refractivity contribution in [1.29, 1.82) is 0 Å². The molecule has 1 aromatic heterocycles. The number of nitrogens with two attached hydrogens (primary N) is 1. The Labute approximate surface area is 158 Å². The fraction of sp³-hybridized carbons (Fsp3) is 0.111. The number of hydrogen-bond acceptors (Lipinski definition) is 6. The highest BCUT2D eigenvalue weighted by Gasteiger charge is 2.11. The van der Waals surface area contributed by atoms with Gasteiger partial charge in [0.1, 0.15) is 17.9 Å². The SMILES string of the molecule is Nc1ccc2c(COC(=O)COc3ccc(Cl)cc3Cl)cc(=O)oc2c1. The van der Waals surface area contributed by atoms with Crippen molar-refractivity contribution in [3.05, 3.63) is 68.5 Å². The summed E-state index contributed by atoms with van der Waals surface area (Å²) in [5.74, 6) is -0.304. The maximum Gasteiger partial charge on any atom is 0.344 e. The van der Waals surface area contributed by atoms with Crippen LogP contribution in [-0.2, 0) is 16.1 Å². The van der Waals surface area contributed by atoms with Crippen LogP contribution in [0.1, 0.15) is 5.56 Å². The number of esters is 1. The first kappa shape index (κ1) is 18.1. The Morgan fingerprint density at radius 1 is 1.12 bits per heavy atom. The lowest BCUT2D eigenvalue weighted by molar-refractivity contribution is -0.147. The number of fused-ring (bicyclic) bond motifs is 1. The van der Waals surface area contributed by atoms with Crippen LogP contribution in [0, 0.1) is 0 Å². The van der Waals surface area contributed by atoms with Gasteiger partial charge in [-0.15, -0.1) is 0 Å². The lowest BCUT2D eigenvalue weighted by Gasteiger charge is -2.09. The second-order valence-electron chi connectivity index (χ2n) is 5.37. The fourth-order valence-electron chi connectivity index (χ4n) is 2.29. The number of carbonyl (C=O) groups excluding carboxylic acids is 1. The van der Waals surface area contributed by atoms with E-state index in [4.69, 9.17) is 42.8 Å². The first-order valence-corrected chi connectivity index (χ1v) is 8.24. The van der Waals surface area contributed by atoms with Crippen molar-refractivity contribution < 1.29 is 18.7 Å². The molecule has 3 aromatic rings. The molecular formula is C18H13Cl2NO5. The molecule has 0 saturated heterocycles. The minimum atomic E-state index is -0.618. The summed E-state index contributed by atoms with van der Waals surface area (Å²) >= 11 is 11.8. The third kappa shape index (κ3) is 4.28. The van der Waals surface area contributed by atoms with Crippen molar-refractivity contribution in [2.45, 2.75) is 6.61 Å². The summed E-state index contributed by atoms with van der Waals surface area (Å²) < 4.78 is 15.6. The highest BCUT2D eigenvalue weighted by molar-refractivity contribution is 6.35. The summed E-state index contributed by atoms with van der Waals surface area (Å²) in [4.78, 5) is 23.5. The lowest BCUT2D eigenvalue weighted by Crippen LogP contribution is -2.15. The van der Waals surface area contributed by atoms with Gasteiger partial charge in [0.25, 0.3) is 0 Å². The maximum atomic E-state index is 11.9. The number of anilines is 1. The van der Waals surface area contributed by atoms with E-state index in [0.29, 0.717) is 33.0 Å². The van der Waals surface area contributed by atoms with Gasteiger partial charge in [-0.25, -0.2) is 9.59 Å². The quantitative estimate of drug-likeness (QED) is 0.402. The Morgan fingerprint density at radius 3 is 2.69 bits per heavy atom. The van der Waals surface area contributed by atoms with E-state index >= 15 is 0 Å². The summed E-state index contributed by atoms with van der Waals surface area (Å²) in [7, 11) is 0. The third-order valence-electron chi connectivity index (χ3n) is 3.48. The number of halogens is 2. The number of benzene rings is 2. The third-order valence-corrected chi connectivity index (χ3v) is 4.01. The van der Waals surface area contributed by atoms with Gasteiger partial charge in [-0.1, -0.05) is 23.2 Å². The van der Waals surface area contributed by atoms with Crippen molar-refractivity contribution in [3.8, 4) is 5.75 Å². The van der Waals surface area contributed by atoms with Gasteiger partial charge in [-0.05, 0) is 30.3 Å². The van der Waals surface area contributed by atoms with E-state index in [-0.39, 0.29) is 18.2 Å². The smallest absolute Gasteiger partial charge is 0.344 e. The minimum Gasteiger partial charge on any atom is -0.480 e. The molecule has 2 aromatic carbocycles. The molecule has 0 aliphatic heterocycles. The van der Waals surface area contributed by atoms with Crippen LogP contribution in [-0.4, -0.2) is 12.6 Å². The molecule has 0 saturated carbocycles. The van der Waals surface area contributed by atoms with Crippen LogP contribution in [0.3, 0.4) is 0 Å². The molecular weight excluding hydrogens is 381 g/mol. The summed E-state index contributed by atoms with van der Waals surface area (Å²) in [6, 6.07) is 10.8. The molecule has 0 unspecified atom stereocenters. The molecule has 2 N–H and O–H groups in total. The summed E-state index contributed by atoms with van der Waals surface area (Å²) in [6.45, 7) is -0.448. The zero-order valence-corrected chi connectivity index (χ0v) is 14.8. The van der Waals surface area contributed by atoms with Crippen LogP contribution in [0.15, 0.2) is 51.7 Å². The molecule has 3 rings (SSSR count). The Kier molecular flexibility index (Phi) is 5.35. The van der Waals surface area contributed by atoms with Gasteiger partial charge in [0.2, 0.25) is 0 Å². The van der Waals surface area contributed by atoms with Crippen molar-refractivity contribution >= 4 is 45.8 Å². The molecule has 0 bridgehead atoms. The zero-order chi connectivity index (χ0) is 18.7. The van der Waals surface area contributed by atoms with E-state index in [1.807, 2.05) is 0 Å². The first-order chi connectivity index (χ1) is 12.4. The maximum absolute atomic E-state index is 11.9. The molecule has 26 heavy (non-hydrogen) atoms. The van der Waals surface area contributed by atoms with Crippen LogP contribution < -0.4 is 16.1 Å². The minimum absolute atomic E-state index is 0.109. The Morgan fingerprint density at radius 2 is 1.92 bits per heavy atom. The van der Waals surface area contributed by atoms with Crippen molar-refractivity contribution in [1.82, 2.24) is 0 Å². The van der Waals surface area contributed by atoms with E-state index in [2.05, 4.69) is 0 Å². The average Bonchev–Trinajstić information content (AvgIpc) is 2.58. The normalized spacial score (nSPS) is 10.7. The van der Waals surface area contributed by atoms with E-state index < -0.39 is 11.6 Å². The summed E-state index contributed by atoms with van der Waals surface area (Å²) in [5.41, 5.74) is 6.42. The van der Waals surface area contributed by atoms with E-state index in [1.54, 1.807) is 24.3 Å². The van der Waals surface area contributed by atoms with Gasteiger partial charge in [-0.2, -0.15) is 0 Å². The number of nitrogen functional groups attached to an aromatic ring is 1. The molecule has 134 valence electrons. The lowest BCUT2D eigenvalue weighted by atomic mass is 10.1. The molecule has 0 aliphatic carbocycles. The van der Waals surface area contributed by atoms with Gasteiger partial charge in [0, 0.05) is 33.8 Å². The predicted octanol–water partition coefficient (Wildman–Crippen LogP) is 3.80. The fourth-order valence-corrected chi connectivity index (χ4v) is 2.76. The van der Waals surface area contributed by atoms with E-state index in [1.165, 1.54) is 18.2 Å². The monoisotopic (exact) mass is 393 g/mol. The Balaban J connectivity index is 1.66. The highest BCUT2D eigenvalue weighted by atomic mass is 35.5. The second-order valence-corrected chi connectivity index (χ2v) is 6.21. The molecule has 0 fully saturated rings. The summed E-state index contributed by atoms with van der Waals surface area (Å²) in [6.07, 6.45) is 0. The molecule has 0 amide bonds. The molecule has 6 nitrogen and oxygen atoms in total. The second kappa shape index (κ2) is 7.68. The molecule has 1 heterocycles. The van der Waals surface area contributed by atoms with Crippen molar-refractivity contribution in [3.63, 3.8) is 0 Å². The van der Waals surface area contributed by atoms with E-state index in [9.17, 15) is 9.59 Å². The number of rotatable bonds is 5. The van der Waals surface area contributed by atoms with Crippen molar-refractivity contribution in [2.75, 3.05) is 12.3 Å². The van der Waals surface area contributed by atoms with Gasteiger partial charge in [0.05, 0.1) is 5.02 Å². The zero-order valence-electron chi connectivity index (χ0n) is 13.3. The Hall–Kier alpha value is -2.70. The summed E-state index contributed by atoms with van der Waals surface area (Å²) in [5, 5.41) is 1.38. The van der Waals surface area contributed by atoms with Gasteiger partial charge in [0.15, 0.2) is 6.61 Å². The molecule has 8 heteroatoms. The van der Waals surface area contributed by atoms with Crippen LogP contribution >= 0.6 is 23.2 Å². The van der Waals surface area contributed by atoms with Crippen LogP contribution in [0.5, 0.6) is 5.75 Å². The first-order valence-electron chi connectivity index (χ1n) is 7.48. The molecule has 0 aliphatic rings. The topological polar surface area (TPSA) is 91.8 Å². The standard InChI is InChI=1S/C18H13Cl2NO5/c19-11-1-4-15(14(20)6-11)24-9-18(23)25-8-10-5-17(22)26-16-7-12(21)2-3-13(10)16/h1-7H,8-9,21H2. The van der Waals surface area contributed by atoms with Crippen molar-refractivity contribution in [2.24, 2.45) is 0 Å². The van der Waals surface area contributed by atoms with E-state index in [0.717, 1.165) is 0 Å². The van der Waals surface area contributed by atoms with Gasteiger partial charge < -0.3 is 19.6 Å². The Bertz CT molecular complexity index is 1030. The van der Waals surface area contributed by atoms with Crippen LogP contribution in [0.4, 0.5) is 5.69 Å². The van der Waals surface area contributed by atoms with Crippen LogP contribution in [0.2, 0.25) is 10.0 Å².